The van der Waals surface area contributed by atoms with Gasteiger partial charge >= 0.3 is 0 Å². The van der Waals surface area contributed by atoms with Crippen LogP contribution in [-0.4, -0.2) is 11.6 Å². The Morgan fingerprint density at radius 3 is 2.57 bits per heavy atom. The number of allylic oxidation sites excluding steroid dienone is 4. The van der Waals surface area contributed by atoms with Gasteiger partial charge in [0.1, 0.15) is 5.78 Å². The van der Waals surface area contributed by atoms with Crippen molar-refractivity contribution in [3.8, 4) is 0 Å². The number of Topliss-reactive ketones (excluding diaryl/α,β-unsaturated/α-hetero) is 1. The van der Waals surface area contributed by atoms with E-state index in [2.05, 4.69) is 19.9 Å². The van der Waals surface area contributed by atoms with Gasteiger partial charge in [-0.3, -0.25) is 9.59 Å². The molecule has 2 heteroatoms. The smallest absolute Gasteiger partial charge is 0.155 e. The molecule has 0 aliphatic heterocycles. The molecular formula is C19H24O2. The summed E-state index contributed by atoms with van der Waals surface area (Å²) < 4.78 is 0. The Kier molecular flexibility index (Phi) is 2.68. The largest absolute Gasteiger partial charge is 0.299 e. The first-order valence-electron chi connectivity index (χ1n) is 8.42. The lowest BCUT2D eigenvalue weighted by molar-refractivity contribution is -0.127. The van der Waals surface area contributed by atoms with Crippen molar-refractivity contribution in [1.29, 1.82) is 0 Å². The second-order valence-corrected chi connectivity index (χ2v) is 7.98. The van der Waals surface area contributed by atoms with Crippen LogP contribution in [0.1, 0.15) is 58.8 Å². The van der Waals surface area contributed by atoms with Gasteiger partial charge in [0.15, 0.2) is 5.78 Å². The van der Waals surface area contributed by atoms with E-state index in [1.807, 2.05) is 6.08 Å². The fourth-order valence-corrected chi connectivity index (χ4v) is 5.64. The average Bonchev–Trinajstić information content (AvgIpc) is 2.76. The molecule has 0 aromatic heterocycles. The molecule has 112 valence electrons. The Hall–Kier alpha value is -1.18. The van der Waals surface area contributed by atoms with Crippen LogP contribution in [0, 0.1) is 22.7 Å². The Bertz CT molecular complexity index is 597. The minimum Gasteiger partial charge on any atom is -0.299 e. The van der Waals surface area contributed by atoms with Gasteiger partial charge in [0.05, 0.1) is 0 Å². The van der Waals surface area contributed by atoms with Crippen LogP contribution in [0.3, 0.4) is 0 Å². The first-order valence-corrected chi connectivity index (χ1v) is 8.42. The number of hydrogen-bond donors (Lipinski definition) is 0. The SMILES string of the molecule is C[C@]12CCC(=O)C=C1CC=C1[C@@H]2CC[C@]2(C)C(=O)CC[C@@H]12. The molecule has 4 rings (SSSR count). The van der Waals surface area contributed by atoms with Gasteiger partial charge in [-0.2, -0.15) is 0 Å². The molecule has 0 unspecified atom stereocenters. The quantitative estimate of drug-likeness (QED) is 0.630. The summed E-state index contributed by atoms with van der Waals surface area (Å²) in [6.07, 6.45) is 10.9. The fraction of sp³-hybridized carbons (Fsp3) is 0.684. The van der Waals surface area contributed by atoms with E-state index in [9.17, 15) is 9.59 Å². The zero-order valence-corrected chi connectivity index (χ0v) is 13.1. The third kappa shape index (κ3) is 1.65. The molecule has 0 aromatic carbocycles. The van der Waals surface area contributed by atoms with Gasteiger partial charge in [-0.1, -0.05) is 31.1 Å². The lowest BCUT2D eigenvalue weighted by Crippen LogP contribution is -2.45. The molecule has 0 heterocycles. The van der Waals surface area contributed by atoms with Crippen molar-refractivity contribution in [3.05, 3.63) is 23.3 Å². The maximum atomic E-state index is 12.3. The summed E-state index contributed by atoms with van der Waals surface area (Å²) in [5, 5.41) is 0. The van der Waals surface area contributed by atoms with Crippen molar-refractivity contribution >= 4 is 11.6 Å². The minimum absolute atomic E-state index is 0.0929. The number of carbonyl (C=O) groups is 2. The molecule has 4 atom stereocenters. The summed E-state index contributed by atoms with van der Waals surface area (Å²) >= 11 is 0. The number of hydrogen-bond acceptors (Lipinski definition) is 2. The summed E-state index contributed by atoms with van der Waals surface area (Å²) in [4.78, 5) is 24.1. The molecule has 2 fully saturated rings. The topological polar surface area (TPSA) is 34.1 Å². The van der Waals surface area contributed by atoms with Gasteiger partial charge in [-0.15, -0.1) is 0 Å². The van der Waals surface area contributed by atoms with Crippen LogP contribution in [0.4, 0.5) is 0 Å². The predicted octanol–water partition coefficient (Wildman–Crippen LogP) is 4.01. The number of rotatable bonds is 0. The molecule has 0 bridgehead atoms. The lowest BCUT2D eigenvalue weighted by atomic mass is 9.51. The standard InChI is InChI=1S/C19H24O2/c1-18-9-7-13(20)11-12(18)3-4-14-15-5-6-17(21)19(15,2)10-8-16(14)18/h4,11,15-16H,3,5-10H2,1-2H3/t15-,16-,18-,19-/m0/s1. The van der Waals surface area contributed by atoms with Crippen LogP contribution >= 0.6 is 0 Å². The highest BCUT2D eigenvalue weighted by molar-refractivity contribution is 5.92. The third-order valence-electron chi connectivity index (χ3n) is 7.11. The van der Waals surface area contributed by atoms with Gasteiger partial charge in [0.2, 0.25) is 0 Å². The van der Waals surface area contributed by atoms with Gasteiger partial charge in [-0.25, -0.2) is 0 Å². The van der Waals surface area contributed by atoms with E-state index >= 15 is 0 Å². The van der Waals surface area contributed by atoms with Crippen molar-refractivity contribution in [1.82, 2.24) is 0 Å². The van der Waals surface area contributed by atoms with Crippen LogP contribution in [0.5, 0.6) is 0 Å². The fourth-order valence-electron chi connectivity index (χ4n) is 5.64. The molecule has 0 aromatic rings. The number of ketones is 2. The zero-order valence-electron chi connectivity index (χ0n) is 13.1. The summed E-state index contributed by atoms with van der Waals surface area (Å²) in [5.41, 5.74) is 2.99. The van der Waals surface area contributed by atoms with Crippen LogP contribution < -0.4 is 0 Å². The van der Waals surface area contributed by atoms with E-state index in [1.165, 1.54) is 5.57 Å². The van der Waals surface area contributed by atoms with Crippen LogP contribution in [0.25, 0.3) is 0 Å². The first kappa shape index (κ1) is 13.5. The normalized spacial score (nSPS) is 45.4. The molecule has 0 radical (unpaired) electrons. The summed E-state index contributed by atoms with van der Waals surface area (Å²) in [7, 11) is 0. The highest BCUT2D eigenvalue weighted by Gasteiger charge is 2.56. The molecule has 0 saturated heterocycles. The van der Waals surface area contributed by atoms with Gasteiger partial charge in [-0.05, 0) is 55.4 Å². The Balaban J connectivity index is 1.77. The highest BCUT2D eigenvalue weighted by Crippen LogP contribution is 2.62. The van der Waals surface area contributed by atoms with Gasteiger partial charge < -0.3 is 0 Å². The minimum atomic E-state index is -0.0929. The van der Waals surface area contributed by atoms with Crippen molar-refractivity contribution in [2.45, 2.75) is 58.8 Å². The summed E-state index contributed by atoms with van der Waals surface area (Å²) in [6.45, 7) is 4.56. The van der Waals surface area contributed by atoms with Gasteiger partial charge in [0, 0.05) is 18.3 Å². The van der Waals surface area contributed by atoms with E-state index in [0.29, 0.717) is 29.8 Å². The zero-order chi connectivity index (χ0) is 14.8. The third-order valence-corrected chi connectivity index (χ3v) is 7.11. The average molecular weight is 284 g/mol. The van der Waals surface area contributed by atoms with E-state index in [4.69, 9.17) is 0 Å². The maximum Gasteiger partial charge on any atom is 0.155 e. The molecule has 4 aliphatic rings. The number of fused-ring (bicyclic) bond motifs is 5. The molecular weight excluding hydrogens is 260 g/mol. The van der Waals surface area contributed by atoms with Crippen molar-refractivity contribution in [3.63, 3.8) is 0 Å². The monoisotopic (exact) mass is 284 g/mol. The van der Waals surface area contributed by atoms with E-state index < -0.39 is 0 Å². The molecule has 21 heavy (non-hydrogen) atoms. The molecule has 2 nitrogen and oxygen atoms in total. The van der Waals surface area contributed by atoms with Crippen molar-refractivity contribution in [2.24, 2.45) is 22.7 Å². The number of carbonyl (C=O) groups excluding carboxylic acids is 2. The van der Waals surface area contributed by atoms with Crippen molar-refractivity contribution < 1.29 is 9.59 Å². The van der Waals surface area contributed by atoms with E-state index in [-0.39, 0.29) is 10.8 Å². The Morgan fingerprint density at radius 2 is 1.76 bits per heavy atom. The maximum absolute atomic E-state index is 12.3. The highest BCUT2D eigenvalue weighted by atomic mass is 16.1. The van der Waals surface area contributed by atoms with E-state index in [0.717, 1.165) is 38.5 Å². The van der Waals surface area contributed by atoms with Gasteiger partial charge in [0.25, 0.3) is 0 Å². The first-order chi connectivity index (χ1) is 9.95. The molecule has 0 N–H and O–H groups in total. The van der Waals surface area contributed by atoms with Crippen LogP contribution in [0.15, 0.2) is 23.3 Å². The molecule has 0 spiro atoms. The molecule has 0 amide bonds. The Morgan fingerprint density at radius 1 is 1.00 bits per heavy atom. The second kappa shape index (κ2) is 4.18. The second-order valence-electron chi connectivity index (χ2n) is 7.98. The molecule has 4 aliphatic carbocycles. The Labute approximate surface area is 126 Å². The lowest BCUT2D eigenvalue weighted by Gasteiger charge is -2.52. The van der Waals surface area contributed by atoms with Crippen LogP contribution in [-0.2, 0) is 9.59 Å². The molecule has 2 saturated carbocycles. The summed E-state index contributed by atoms with van der Waals surface area (Å²) in [6, 6.07) is 0. The van der Waals surface area contributed by atoms with Crippen LogP contribution in [0.2, 0.25) is 0 Å². The summed E-state index contributed by atoms with van der Waals surface area (Å²) in [5.74, 6) is 1.82. The van der Waals surface area contributed by atoms with Crippen molar-refractivity contribution in [2.75, 3.05) is 0 Å². The van der Waals surface area contributed by atoms with E-state index in [1.54, 1.807) is 5.57 Å². The predicted molar refractivity (Wildman–Crippen MR) is 81.7 cm³/mol.